The van der Waals surface area contributed by atoms with Gasteiger partial charge in [0, 0.05) is 22.5 Å². The van der Waals surface area contributed by atoms with Crippen molar-refractivity contribution >= 4 is 34.7 Å². The first-order valence-electron chi connectivity index (χ1n) is 7.02. The van der Waals surface area contributed by atoms with E-state index in [2.05, 4.69) is 20.6 Å². The van der Waals surface area contributed by atoms with Crippen LogP contribution in [0.2, 0.25) is 5.02 Å². The van der Waals surface area contributed by atoms with Gasteiger partial charge in [-0.15, -0.1) is 0 Å². The van der Waals surface area contributed by atoms with Gasteiger partial charge in [0.05, 0.1) is 0 Å². The first-order valence-corrected chi connectivity index (χ1v) is 7.39. The number of hydrogen-bond donors (Lipinski definition) is 2. The van der Waals surface area contributed by atoms with Gasteiger partial charge < -0.3 is 10.6 Å². The highest BCUT2D eigenvalue weighted by Gasteiger charge is 2.09. The summed E-state index contributed by atoms with van der Waals surface area (Å²) in [4.78, 5) is 20.2. The standard InChI is InChI=1S/C17H12ClFN4O/c18-11-2-1-3-14(8-11)22-16-9-15(20-10-21-16)17(24)23-13-6-4-12(19)5-7-13/h1-10H,(H,23,24)(H,20,21,22). The van der Waals surface area contributed by atoms with Crippen LogP contribution in [0.5, 0.6) is 0 Å². The minimum absolute atomic E-state index is 0.179. The zero-order chi connectivity index (χ0) is 16.9. The van der Waals surface area contributed by atoms with Crippen LogP contribution in [0.3, 0.4) is 0 Å². The first kappa shape index (κ1) is 15.9. The lowest BCUT2D eigenvalue weighted by molar-refractivity contribution is 0.102. The lowest BCUT2D eigenvalue weighted by Gasteiger charge is -2.08. The predicted octanol–water partition coefficient (Wildman–Crippen LogP) is 4.27. The molecule has 0 fully saturated rings. The molecule has 0 spiro atoms. The summed E-state index contributed by atoms with van der Waals surface area (Å²) in [6, 6.07) is 14.1. The van der Waals surface area contributed by atoms with Crippen molar-refractivity contribution in [3.63, 3.8) is 0 Å². The smallest absolute Gasteiger partial charge is 0.274 e. The normalized spacial score (nSPS) is 10.2. The summed E-state index contributed by atoms with van der Waals surface area (Å²) < 4.78 is 12.9. The highest BCUT2D eigenvalue weighted by molar-refractivity contribution is 6.30. The van der Waals surface area contributed by atoms with Crippen LogP contribution < -0.4 is 10.6 Å². The van der Waals surface area contributed by atoms with Gasteiger partial charge >= 0.3 is 0 Å². The van der Waals surface area contributed by atoms with Crippen molar-refractivity contribution in [2.75, 3.05) is 10.6 Å². The van der Waals surface area contributed by atoms with E-state index in [-0.39, 0.29) is 11.5 Å². The number of nitrogens with zero attached hydrogens (tertiary/aromatic N) is 2. The molecule has 0 saturated heterocycles. The first-order chi connectivity index (χ1) is 11.6. The molecule has 2 aromatic carbocycles. The summed E-state index contributed by atoms with van der Waals surface area (Å²) in [6.07, 6.45) is 1.28. The van der Waals surface area contributed by atoms with Crippen molar-refractivity contribution in [3.05, 3.63) is 77.5 Å². The van der Waals surface area contributed by atoms with Crippen LogP contribution in [0.25, 0.3) is 0 Å². The molecule has 0 unspecified atom stereocenters. The van der Waals surface area contributed by atoms with Crippen molar-refractivity contribution in [2.24, 2.45) is 0 Å². The Labute approximate surface area is 142 Å². The van der Waals surface area contributed by atoms with Crippen LogP contribution in [0.4, 0.5) is 21.6 Å². The topological polar surface area (TPSA) is 66.9 Å². The summed E-state index contributed by atoms with van der Waals surface area (Å²) in [7, 11) is 0. The third-order valence-electron chi connectivity index (χ3n) is 3.10. The Hall–Kier alpha value is -2.99. The molecule has 1 amide bonds. The largest absolute Gasteiger partial charge is 0.340 e. The third-order valence-corrected chi connectivity index (χ3v) is 3.33. The van der Waals surface area contributed by atoms with Crippen LogP contribution in [-0.4, -0.2) is 15.9 Å². The number of nitrogens with one attached hydrogen (secondary N) is 2. The van der Waals surface area contributed by atoms with Gasteiger partial charge in [-0.1, -0.05) is 17.7 Å². The average molecular weight is 343 g/mol. The second kappa shape index (κ2) is 7.06. The van der Waals surface area contributed by atoms with E-state index in [1.54, 1.807) is 18.2 Å². The highest BCUT2D eigenvalue weighted by Crippen LogP contribution is 2.19. The third kappa shape index (κ3) is 4.05. The Bertz CT molecular complexity index is 870. The van der Waals surface area contributed by atoms with Crippen molar-refractivity contribution in [3.8, 4) is 0 Å². The number of amides is 1. The minimum Gasteiger partial charge on any atom is -0.340 e. The average Bonchev–Trinajstić information content (AvgIpc) is 2.57. The fourth-order valence-electron chi connectivity index (χ4n) is 1.99. The molecule has 0 radical (unpaired) electrons. The van der Waals surface area contributed by atoms with E-state index in [1.807, 2.05) is 6.07 Å². The highest BCUT2D eigenvalue weighted by atomic mass is 35.5. The van der Waals surface area contributed by atoms with E-state index in [9.17, 15) is 9.18 Å². The maximum absolute atomic E-state index is 12.9. The number of anilines is 3. The van der Waals surface area contributed by atoms with E-state index < -0.39 is 5.91 Å². The summed E-state index contributed by atoms with van der Waals surface area (Å²) >= 11 is 5.93. The molecule has 1 heterocycles. The molecule has 120 valence electrons. The second-order valence-corrected chi connectivity index (χ2v) is 5.32. The number of halogens is 2. The van der Waals surface area contributed by atoms with Crippen molar-refractivity contribution in [1.82, 2.24) is 9.97 Å². The Morgan fingerprint density at radius 2 is 1.79 bits per heavy atom. The van der Waals surface area contributed by atoms with Gasteiger partial charge in [-0.3, -0.25) is 4.79 Å². The Morgan fingerprint density at radius 3 is 2.54 bits per heavy atom. The maximum Gasteiger partial charge on any atom is 0.274 e. The van der Waals surface area contributed by atoms with Gasteiger partial charge in [-0.25, -0.2) is 14.4 Å². The van der Waals surface area contributed by atoms with E-state index in [1.165, 1.54) is 36.7 Å². The molecule has 3 rings (SSSR count). The second-order valence-electron chi connectivity index (χ2n) is 4.88. The number of carbonyl (C=O) groups is 1. The Balaban J connectivity index is 1.74. The molecular formula is C17H12ClFN4O. The molecule has 0 aliphatic carbocycles. The Kier molecular flexibility index (Phi) is 4.67. The zero-order valence-corrected chi connectivity index (χ0v) is 13.1. The summed E-state index contributed by atoms with van der Waals surface area (Å²) in [5.74, 6) is -0.335. The molecular weight excluding hydrogens is 331 g/mol. The molecule has 2 N–H and O–H groups in total. The molecule has 0 atom stereocenters. The minimum atomic E-state index is -0.418. The van der Waals surface area contributed by atoms with E-state index >= 15 is 0 Å². The fraction of sp³-hybridized carbons (Fsp3) is 0. The molecule has 0 saturated carbocycles. The lowest BCUT2D eigenvalue weighted by Crippen LogP contribution is -2.14. The van der Waals surface area contributed by atoms with Gasteiger partial charge in [-0.2, -0.15) is 0 Å². The maximum atomic E-state index is 12.9. The van der Waals surface area contributed by atoms with Crippen molar-refractivity contribution < 1.29 is 9.18 Å². The quantitative estimate of drug-likeness (QED) is 0.743. The van der Waals surface area contributed by atoms with E-state index in [0.29, 0.717) is 16.5 Å². The molecule has 24 heavy (non-hydrogen) atoms. The Morgan fingerprint density at radius 1 is 1.00 bits per heavy atom. The summed E-state index contributed by atoms with van der Waals surface area (Å²) in [6.45, 7) is 0. The van der Waals surface area contributed by atoms with Crippen LogP contribution in [0, 0.1) is 5.82 Å². The van der Waals surface area contributed by atoms with E-state index in [0.717, 1.165) is 5.69 Å². The van der Waals surface area contributed by atoms with Gasteiger partial charge in [-0.05, 0) is 42.5 Å². The molecule has 0 aliphatic rings. The predicted molar refractivity (Wildman–Crippen MR) is 91.1 cm³/mol. The monoisotopic (exact) mass is 342 g/mol. The van der Waals surface area contributed by atoms with Gasteiger partial charge in [0.1, 0.15) is 23.7 Å². The van der Waals surface area contributed by atoms with Crippen molar-refractivity contribution in [2.45, 2.75) is 0 Å². The fourth-order valence-corrected chi connectivity index (χ4v) is 2.18. The van der Waals surface area contributed by atoms with Crippen LogP contribution in [0.15, 0.2) is 60.9 Å². The number of carbonyl (C=O) groups excluding carboxylic acids is 1. The molecule has 0 bridgehead atoms. The van der Waals surface area contributed by atoms with Crippen molar-refractivity contribution in [1.29, 1.82) is 0 Å². The molecule has 0 aliphatic heterocycles. The zero-order valence-electron chi connectivity index (χ0n) is 12.3. The molecule has 1 aromatic heterocycles. The van der Waals surface area contributed by atoms with Gasteiger partial charge in [0.2, 0.25) is 0 Å². The van der Waals surface area contributed by atoms with Crippen LogP contribution >= 0.6 is 11.6 Å². The van der Waals surface area contributed by atoms with E-state index in [4.69, 9.17) is 11.6 Å². The number of benzene rings is 2. The number of rotatable bonds is 4. The van der Waals surface area contributed by atoms with Gasteiger partial charge in [0.15, 0.2) is 0 Å². The summed E-state index contributed by atoms with van der Waals surface area (Å²) in [5.41, 5.74) is 1.40. The van der Waals surface area contributed by atoms with Crippen LogP contribution in [-0.2, 0) is 0 Å². The lowest BCUT2D eigenvalue weighted by atomic mass is 10.3. The number of aromatic nitrogens is 2. The molecule has 5 nitrogen and oxygen atoms in total. The molecule has 3 aromatic rings. The van der Waals surface area contributed by atoms with Gasteiger partial charge in [0.25, 0.3) is 5.91 Å². The SMILES string of the molecule is O=C(Nc1ccc(F)cc1)c1cc(Nc2cccc(Cl)c2)ncn1. The summed E-state index contributed by atoms with van der Waals surface area (Å²) in [5, 5.41) is 6.27. The van der Waals surface area contributed by atoms with Crippen LogP contribution in [0.1, 0.15) is 10.5 Å². The molecule has 7 heteroatoms. The number of hydrogen-bond acceptors (Lipinski definition) is 4.